The molecule has 0 aromatic carbocycles. The van der Waals surface area contributed by atoms with E-state index in [1.165, 1.54) is 4.31 Å². The Morgan fingerprint density at radius 2 is 1.94 bits per heavy atom. The fourth-order valence-corrected chi connectivity index (χ4v) is 3.59. The second-order valence-electron chi connectivity index (χ2n) is 4.44. The molecule has 0 bridgehead atoms. The standard InChI is InChI=1S/C11H18N2O4S/c12-6-2-1-3-9-18(16,17)13-7-4-10(5-8-13)11(14)15/h10H,1-5,7-9H2,(H,14,15). The van der Waals surface area contributed by atoms with Crippen molar-refractivity contribution in [3.05, 3.63) is 0 Å². The van der Waals surface area contributed by atoms with Crippen molar-refractivity contribution in [2.75, 3.05) is 18.8 Å². The smallest absolute Gasteiger partial charge is 0.306 e. The Morgan fingerprint density at radius 3 is 2.44 bits per heavy atom. The van der Waals surface area contributed by atoms with Crippen LogP contribution < -0.4 is 0 Å². The molecule has 6 nitrogen and oxygen atoms in total. The second-order valence-corrected chi connectivity index (χ2v) is 6.53. The molecule has 0 aromatic heterocycles. The third kappa shape index (κ3) is 4.27. The third-order valence-corrected chi connectivity index (χ3v) is 5.09. The lowest BCUT2D eigenvalue weighted by atomic mass is 9.99. The van der Waals surface area contributed by atoms with Gasteiger partial charge < -0.3 is 5.11 Å². The van der Waals surface area contributed by atoms with Crippen LogP contribution in [0.25, 0.3) is 0 Å². The van der Waals surface area contributed by atoms with E-state index in [0.717, 1.165) is 0 Å². The number of hydrogen-bond donors (Lipinski definition) is 1. The Kier molecular flexibility index (Phi) is 5.56. The molecule has 0 aliphatic carbocycles. The van der Waals surface area contributed by atoms with Gasteiger partial charge in [0, 0.05) is 19.5 Å². The number of unbranched alkanes of at least 4 members (excludes halogenated alkanes) is 2. The highest BCUT2D eigenvalue weighted by atomic mass is 32.2. The van der Waals surface area contributed by atoms with Crippen molar-refractivity contribution < 1.29 is 18.3 Å². The van der Waals surface area contributed by atoms with Gasteiger partial charge in [-0.1, -0.05) is 0 Å². The van der Waals surface area contributed by atoms with Crippen molar-refractivity contribution in [3.8, 4) is 6.07 Å². The lowest BCUT2D eigenvalue weighted by Gasteiger charge is -2.29. The Bertz CT molecular complexity index is 419. The van der Waals surface area contributed by atoms with Crippen molar-refractivity contribution in [1.82, 2.24) is 4.31 Å². The van der Waals surface area contributed by atoms with E-state index in [0.29, 0.717) is 32.1 Å². The van der Waals surface area contributed by atoms with E-state index < -0.39 is 21.9 Å². The van der Waals surface area contributed by atoms with Crippen molar-refractivity contribution in [2.24, 2.45) is 5.92 Å². The number of nitrogens with zero attached hydrogens (tertiary/aromatic N) is 2. The predicted octanol–water partition coefficient (Wildman–Crippen LogP) is 0.807. The minimum Gasteiger partial charge on any atom is -0.481 e. The Labute approximate surface area is 107 Å². The highest BCUT2D eigenvalue weighted by molar-refractivity contribution is 7.89. The number of aliphatic carboxylic acids is 1. The summed E-state index contributed by atoms with van der Waals surface area (Å²) in [6, 6.07) is 1.98. The summed E-state index contributed by atoms with van der Waals surface area (Å²) in [4.78, 5) is 10.8. The first kappa shape index (κ1) is 14.9. The monoisotopic (exact) mass is 274 g/mol. The molecule has 0 aromatic rings. The van der Waals surface area contributed by atoms with Crippen molar-refractivity contribution >= 4 is 16.0 Å². The van der Waals surface area contributed by atoms with E-state index >= 15 is 0 Å². The maximum atomic E-state index is 11.9. The molecule has 1 aliphatic rings. The molecule has 102 valence electrons. The van der Waals surface area contributed by atoms with E-state index in [1.54, 1.807) is 0 Å². The van der Waals surface area contributed by atoms with Crippen LogP contribution in [0, 0.1) is 17.2 Å². The summed E-state index contributed by atoms with van der Waals surface area (Å²) in [5.74, 6) is -1.22. The summed E-state index contributed by atoms with van der Waals surface area (Å²) in [6.07, 6.45) is 2.20. The molecule has 1 N–H and O–H groups in total. The van der Waals surface area contributed by atoms with Crippen LogP contribution in [0.4, 0.5) is 0 Å². The second kappa shape index (κ2) is 6.71. The van der Waals surface area contributed by atoms with Crippen LogP contribution >= 0.6 is 0 Å². The molecule has 0 spiro atoms. The van der Waals surface area contributed by atoms with E-state index in [4.69, 9.17) is 10.4 Å². The zero-order chi connectivity index (χ0) is 13.6. The van der Waals surface area contributed by atoms with Crippen LogP contribution in [0.5, 0.6) is 0 Å². The molecule has 7 heteroatoms. The zero-order valence-electron chi connectivity index (χ0n) is 10.2. The number of nitriles is 1. The molecular weight excluding hydrogens is 256 g/mol. The molecule has 0 unspecified atom stereocenters. The van der Waals surface area contributed by atoms with Crippen molar-refractivity contribution in [3.63, 3.8) is 0 Å². The summed E-state index contributed by atoms with van der Waals surface area (Å²) in [6.45, 7) is 0.578. The van der Waals surface area contributed by atoms with E-state index in [1.807, 2.05) is 6.07 Å². The first-order chi connectivity index (χ1) is 8.47. The molecule has 1 saturated heterocycles. The normalized spacial score (nSPS) is 18.4. The third-order valence-electron chi connectivity index (χ3n) is 3.14. The number of sulfonamides is 1. The Balaban J connectivity index is 2.41. The van der Waals surface area contributed by atoms with Gasteiger partial charge in [-0.2, -0.15) is 5.26 Å². The van der Waals surface area contributed by atoms with Crippen LogP contribution in [-0.4, -0.2) is 42.6 Å². The van der Waals surface area contributed by atoms with Gasteiger partial charge in [-0.15, -0.1) is 0 Å². The number of hydrogen-bond acceptors (Lipinski definition) is 4. The van der Waals surface area contributed by atoms with E-state index in [2.05, 4.69) is 0 Å². The average molecular weight is 274 g/mol. The SMILES string of the molecule is N#CCCCCS(=O)(=O)N1CCC(C(=O)O)CC1. The van der Waals surface area contributed by atoms with Crippen LogP contribution in [-0.2, 0) is 14.8 Å². The molecule has 1 heterocycles. The lowest BCUT2D eigenvalue weighted by Crippen LogP contribution is -2.41. The zero-order valence-corrected chi connectivity index (χ0v) is 11.0. The van der Waals surface area contributed by atoms with E-state index in [9.17, 15) is 13.2 Å². The largest absolute Gasteiger partial charge is 0.481 e. The van der Waals surface area contributed by atoms with Gasteiger partial charge in [0.2, 0.25) is 10.0 Å². The number of piperidine rings is 1. The van der Waals surface area contributed by atoms with Crippen LogP contribution in [0.2, 0.25) is 0 Å². The molecule has 1 aliphatic heterocycles. The fourth-order valence-electron chi connectivity index (χ4n) is 2.00. The minimum atomic E-state index is -3.28. The number of carboxylic acid groups (broad SMARTS) is 1. The van der Waals surface area contributed by atoms with Crippen molar-refractivity contribution in [1.29, 1.82) is 5.26 Å². The van der Waals surface area contributed by atoms with Crippen LogP contribution in [0.3, 0.4) is 0 Å². The highest BCUT2D eigenvalue weighted by Crippen LogP contribution is 2.20. The fraction of sp³-hybridized carbons (Fsp3) is 0.818. The number of rotatable bonds is 6. The Hall–Kier alpha value is -1.13. The van der Waals surface area contributed by atoms with E-state index in [-0.39, 0.29) is 18.8 Å². The average Bonchev–Trinajstić information content (AvgIpc) is 2.35. The summed E-state index contributed by atoms with van der Waals surface area (Å²) in [5.41, 5.74) is 0. The lowest BCUT2D eigenvalue weighted by molar-refractivity contribution is -0.142. The van der Waals surface area contributed by atoms with Gasteiger partial charge in [0.15, 0.2) is 0 Å². The summed E-state index contributed by atoms with van der Waals surface area (Å²) in [7, 11) is -3.28. The highest BCUT2D eigenvalue weighted by Gasteiger charge is 2.30. The minimum absolute atomic E-state index is 0.0480. The molecule has 0 atom stereocenters. The summed E-state index contributed by atoms with van der Waals surface area (Å²) in [5, 5.41) is 17.2. The molecular formula is C11H18N2O4S. The molecule has 1 rings (SSSR count). The summed E-state index contributed by atoms with van der Waals surface area (Å²) >= 11 is 0. The molecule has 0 saturated carbocycles. The predicted molar refractivity (Wildman–Crippen MR) is 65.2 cm³/mol. The number of carbonyl (C=O) groups is 1. The Morgan fingerprint density at radius 1 is 1.33 bits per heavy atom. The van der Waals surface area contributed by atoms with Gasteiger partial charge in [0.1, 0.15) is 0 Å². The molecule has 0 radical (unpaired) electrons. The maximum Gasteiger partial charge on any atom is 0.306 e. The molecule has 18 heavy (non-hydrogen) atoms. The first-order valence-electron chi connectivity index (χ1n) is 6.05. The van der Waals surface area contributed by atoms with Gasteiger partial charge in [-0.25, -0.2) is 12.7 Å². The topological polar surface area (TPSA) is 98.5 Å². The first-order valence-corrected chi connectivity index (χ1v) is 7.66. The van der Waals surface area contributed by atoms with Gasteiger partial charge in [-0.3, -0.25) is 4.79 Å². The summed E-state index contributed by atoms with van der Waals surface area (Å²) < 4.78 is 25.2. The van der Waals surface area contributed by atoms with Crippen LogP contribution in [0.1, 0.15) is 32.1 Å². The van der Waals surface area contributed by atoms with Gasteiger partial charge in [0.25, 0.3) is 0 Å². The quantitative estimate of drug-likeness (QED) is 0.722. The van der Waals surface area contributed by atoms with Crippen LogP contribution in [0.15, 0.2) is 0 Å². The van der Waals surface area contributed by atoms with Gasteiger partial charge in [0.05, 0.1) is 17.7 Å². The maximum absolute atomic E-state index is 11.9. The molecule has 1 fully saturated rings. The molecule has 0 amide bonds. The number of carboxylic acids is 1. The van der Waals surface area contributed by atoms with Crippen molar-refractivity contribution in [2.45, 2.75) is 32.1 Å². The van der Waals surface area contributed by atoms with Gasteiger partial charge >= 0.3 is 5.97 Å². The van der Waals surface area contributed by atoms with Gasteiger partial charge in [-0.05, 0) is 25.7 Å².